The van der Waals surface area contributed by atoms with E-state index < -0.39 is 11.9 Å². The summed E-state index contributed by atoms with van der Waals surface area (Å²) in [5.74, 6) is 1.25. The molecule has 0 spiro atoms. The summed E-state index contributed by atoms with van der Waals surface area (Å²) in [7, 11) is 0. The molecule has 8 aliphatic rings. The van der Waals surface area contributed by atoms with Crippen LogP contribution >= 0.6 is 0 Å². The molecule has 0 heterocycles. The van der Waals surface area contributed by atoms with Crippen LogP contribution in [-0.2, 0) is 9.59 Å². The standard InChI is InChI=1S/C30H46N4O6/c35-25(31-29-9-19-3-20(10-29)5-21(4-19)11-29)15-33(17-27(37)38)1-2-34(18-28(39)40)16-26(36)32-30-12-22-6-23(13-30)8-24(7-22)14-30/h19-24H,1-18H2,(H,31,35)(H,32,36)(H,37,38)(H,39,40)/p-2. The van der Waals surface area contributed by atoms with E-state index in [1.807, 2.05) is 0 Å². The van der Waals surface area contributed by atoms with Gasteiger partial charge in [0.05, 0.1) is 24.2 Å². The maximum Gasteiger partial charge on any atom is 0.317 e. The largest absolute Gasteiger partial charge is 0.861 e. The van der Waals surface area contributed by atoms with Crippen molar-refractivity contribution in [1.82, 2.24) is 9.80 Å². The van der Waals surface area contributed by atoms with Gasteiger partial charge in [0.15, 0.2) is 0 Å². The lowest BCUT2D eigenvalue weighted by Crippen LogP contribution is -2.52. The fraction of sp³-hybridized carbons (Fsp3) is 0.867. The Balaban J connectivity index is 1.09. The molecule has 8 fully saturated rings. The molecule has 0 radical (unpaired) electrons. The van der Waals surface area contributed by atoms with Gasteiger partial charge in [0.1, 0.15) is 0 Å². The van der Waals surface area contributed by atoms with E-state index in [1.165, 1.54) is 48.3 Å². The van der Waals surface area contributed by atoms with Crippen LogP contribution in [0.3, 0.4) is 0 Å². The lowest BCUT2D eigenvalue weighted by atomic mass is 9.53. The molecule has 0 atom stereocenters. The minimum Gasteiger partial charge on any atom is -0.861 e. The minimum absolute atomic E-state index is 0.111. The lowest BCUT2D eigenvalue weighted by Gasteiger charge is -2.55. The molecule has 222 valence electrons. The van der Waals surface area contributed by atoms with Gasteiger partial charge in [0.25, 0.3) is 0 Å². The smallest absolute Gasteiger partial charge is 0.317 e. The van der Waals surface area contributed by atoms with E-state index in [9.17, 15) is 30.0 Å². The number of rotatable bonds is 13. The molecule has 8 aliphatic carbocycles. The Morgan fingerprint density at radius 3 is 1.10 bits per heavy atom. The number of hydrogen-bond acceptors (Lipinski definition) is 8. The number of aliphatic carboxylic acids is 2. The van der Waals surface area contributed by atoms with Crippen molar-refractivity contribution in [3.63, 3.8) is 0 Å². The molecule has 8 saturated carbocycles. The van der Waals surface area contributed by atoms with Gasteiger partial charge < -0.3 is 20.4 Å². The Bertz CT molecular complexity index is 904. The number of aliphatic imine (C=N–C) groups is 2. The zero-order chi connectivity index (χ0) is 28.1. The van der Waals surface area contributed by atoms with Gasteiger partial charge in [-0.25, -0.2) is 0 Å². The second-order valence-electron chi connectivity index (χ2n) is 14.5. The number of carboxylic acids is 2. The lowest BCUT2D eigenvalue weighted by molar-refractivity contribution is -0.223. The average Bonchev–Trinajstić information content (AvgIpc) is 2.79. The van der Waals surface area contributed by atoms with Crippen LogP contribution in [0.5, 0.6) is 0 Å². The van der Waals surface area contributed by atoms with E-state index in [4.69, 9.17) is 9.98 Å². The summed E-state index contributed by atoms with van der Waals surface area (Å²) >= 11 is 0. The van der Waals surface area contributed by atoms with Crippen molar-refractivity contribution < 1.29 is 30.0 Å². The first-order valence-corrected chi connectivity index (χ1v) is 15.4. The first-order valence-electron chi connectivity index (χ1n) is 15.4. The van der Waals surface area contributed by atoms with Crippen molar-refractivity contribution in [1.29, 1.82) is 0 Å². The van der Waals surface area contributed by atoms with Gasteiger partial charge in [-0.2, -0.15) is 0 Å². The van der Waals surface area contributed by atoms with Gasteiger partial charge >= 0.3 is 11.9 Å². The predicted molar refractivity (Wildman–Crippen MR) is 145 cm³/mol. The van der Waals surface area contributed by atoms with Crippen molar-refractivity contribution in [2.75, 3.05) is 39.3 Å². The van der Waals surface area contributed by atoms with Gasteiger partial charge in [-0.05, 0) is 124 Å². The van der Waals surface area contributed by atoms with E-state index in [-0.39, 0.29) is 62.1 Å². The van der Waals surface area contributed by atoms with Crippen molar-refractivity contribution in [2.45, 2.75) is 88.1 Å². The quantitative estimate of drug-likeness (QED) is 0.254. The zero-order valence-electron chi connectivity index (χ0n) is 23.5. The molecule has 0 unspecified atom stereocenters. The van der Waals surface area contributed by atoms with Crippen molar-refractivity contribution in [2.24, 2.45) is 45.5 Å². The highest BCUT2D eigenvalue weighted by Gasteiger charge is 2.52. The van der Waals surface area contributed by atoms with Gasteiger partial charge in [0, 0.05) is 26.2 Å². The second-order valence-corrected chi connectivity index (χ2v) is 14.5. The highest BCUT2D eigenvalue weighted by Crippen LogP contribution is 2.58. The molecule has 0 aromatic rings. The van der Waals surface area contributed by atoms with Gasteiger partial charge in [-0.15, -0.1) is 0 Å². The molecule has 0 aromatic carbocycles. The average molecular weight is 557 g/mol. The summed E-state index contributed by atoms with van der Waals surface area (Å²) in [6, 6.07) is 0. The maximum atomic E-state index is 13.1. The molecule has 0 aromatic heterocycles. The number of carbonyl (C=O) groups is 2. The molecular weight excluding hydrogens is 512 g/mol. The Morgan fingerprint density at radius 1 is 0.575 bits per heavy atom. The second kappa shape index (κ2) is 10.9. The van der Waals surface area contributed by atoms with Crippen LogP contribution in [-0.4, -0.2) is 94.1 Å². The minimum atomic E-state index is -1.06. The predicted octanol–water partition coefficient (Wildman–Crippen LogP) is 1.21. The van der Waals surface area contributed by atoms with Gasteiger partial charge in [-0.3, -0.25) is 29.4 Å². The highest BCUT2D eigenvalue weighted by molar-refractivity contribution is 5.76. The van der Waals surface area contributed by atoms with Crippen molar-refractivity contribution in [3.8, 4) is 0 Å². The fourth-order valence-electron chi connectivity index (χ4n) is 10.5. The third kappa shape index (κ3) is 6.32. The Morgan fingerprint density at radius 2 is 0.850 bits per heavy atom. The molecule has 8 bridgehead atoms. The van der Waals surface area contributed by atoms with Crippen LogP contribution in [0.4, 0.5) is 0 Å². The Kier molecular flexibility index (Phi) is 7.61. The van der Waals surface area contributed by atoms with Gasteiger partial charge in [0.2, 0.25) is 0 Å². The topological polar surface area (TPSA) is 152 Å². The first kappa shape index (κ1) is 27.9. The number of hydrogen-bond donors (Lipinski definition) is 2. The van der Waals surface area contributed by atoms with Crippen LogP contribution in [0, 0.1) is 35.5 Å². The van der Waals surface area contributed by atoms with Crippen molar-refractivity contribution >= 4 is 23.7 Å². The van der Waals surface area contributed by atoms with E-state index in [0.29, 0.717) is 35.5 Å². The number of carboxylic acid groups (broad SMARTS) is 2. The summed E-state index contributed by atoms with van der Waals surface area (Å²) in [4.78, 5) is 35.6. The van der Waals surface area contributed by atoms with Crippen LogP contribution in [0.15, 0.2) is 9.98 Å². The summed E-state index contributed by atoms with van der Waals surface area (Å²) in [5.41, 5.74) is -0.553. The van der Waals surface area contributed by atoms with Crippen LogP contribution in [0.25, 0.3) is 0 Å². The normalized spacial score (nSPS) is 40.0. The molecule has 10 nitrogen and oxygen atoms in total. The maximum absolute atomic E-state index is 13.1. The Hall–Kier alpha value is -2.20. The Labute approximate surface area is 236 Å². The first-order chi connectivity index (χ1) is 19.0. The third-order valence-electron chi connectivity index (χ3n) is 10.9. The van der Waals surface area contributed by atoms with E-state index >= 15 is 0 Å². The summed E-state index contributed by atoms with van der Waals surface area (Å²) < 4.78 is 0. The molecular formula is C30H44N4O6-2. The van der Waals surface area contributed by atoms with Crippen LogP contribution < -0.4 is 10.2 Å². The highest BCUT2D eigenvalue weighted by atomic mass is 16.4. The van der Waals surface area contributed by atoms with Crippen molar-refractivity contribution in [3.05, 3.63) is 0 Å². The zero-order valence-corrected chi connectivity index (χ0v) is 23.5. The number of nitrogens with zero attached hydrogens (tertiary/aromatic N) is 4. The van der Waals surface area contributed by atoms with E-state index in [0.717, 1.165) is 38.5 Å². The summed E-state index contributed by atoms with van der Waals surface area (Å²) in [6.45, 7) is -0.580. The van der Waals surface area contributed by atoms with E-state index in [1.54, 1.807) is 0 Å². The van der Waals surface area contributed by atoms with Gasteiger partial charge in [-0.1, -0.05) is 0 Å². The van der Waals surface area contributed by atoms with Crippen LogP contribution in [0.2, 0.25) is 0 Å². The SMILES string of the molecule is O=C(O)CN(CCN(CC(=O)O)CC([O-])=NC12CC3CC(CC(C3)C1)C2)CC([O-])=NC12CC3CC(CC(C3)C1)C2. The molecule has 0 aliphatic heterocycles. The molecule has 0 saturated heterocycles. The molecule has 2 N–H and O–H groups in total. The molecule has 40 heavy (non-hydrogen) atoms. The molecule has 8 rings (SSSR count). The summed E-state index contributed by atoms with van der Waals surface area (Å²) in [6.07, 6.45) is 13.3. The third-order valence-corrected chi connectivity index (χ3v) is 10.9. The van der Waals surface area contributed by atoms with Crippen LogP contribution in [0.1, 0.15) is 77.0 Å². The fourth-order valence-corrected chi connectivity index (χ4v) is 10.5. The summed E-state index contributed by atoms with van der Waals surface area (Å²) in [5, 5.41) is 45.2. The molecule has 10 heteroatoms. The molecule has 0 amide bonds. The van der Waals surface area contributed by atoms with E-state index in [2.05, 4.69) is 0 Å². The monoisotopic (exact) mass is 556 g/mol.